The van der Waals surface area contributed by atoms with Gasteiger partial charge in [-0.15, -0.1) is 11.3 Å². The molecule has 180 valence electrons. The topological polar surface area (TPSA) is 97.8 Å². The molecule has 0 spiro atoms. The van der Waals surface area contributed by atoms with Crippen LogP contribution < -0.4 is 10.7 Å². The van der Waals surface area contributed by atoms with Crippen molar-refractivity contribution < 1.29 is 14.7 Å². The number of nitrogens with zero attached hydrogens (tertiary/aromatic N) is 3. The number of likely N-dealkylation sites (tertiary alicyclic amines) is 1. The van der Waals surface area contributed by atoms with Crippen molar-refractivity contribution in [1.82, 2.24) is 25.6 Å². The summed E-state index contributed by atoms with van der Waals surface area (Å²) in [6.45, 7) is 8.43. The minimum Gasteiger partial charge on any atom is -0.391 e. The van der Waals surface area contributed by atoms with Gasteiger partial charge in [-0.2, -0.15) is 0 Å². The maximum Gasteiger partial charge on any atom is 0.243 e. The molecule has 1 aromatic heterocycles. The first kappa shape index (κ1) is 25.3. The van der Waals surface area contributed by atoms with E-state index < -0.39 is 18.2 Å². The number of hydrogen-bond donors (Lipinski definition) is 3. The summed E-state index contributed by atoms with van der Waals surface area (Å²) in [5, 5.41) is 14.9. The lowest BCUT2D eigenvalue weighted by Crippen LogP contribution is -2.59. The first-order chi connectivity index (χ1) is 15.5. The number of rotatable bonds is 7. The number of hydrazine groups is 1. The number of thiazole rings is 1. The molecule has 3 rings (SSSR count). The van der Waals surface area contributed by atoms with Crippen LogP contribution in [-0.4, -0.2) is 70.6 Å². The van der Waals surface area contributed by atoms with Crippen molar-refractivity contribution in [3.8, 4) is 10.4 Å². The van der Waals surface area contributed by atoms with Gasteiger partial charge in [0, 0.05) is 33.6 Å². The molecule has 0 unspecified atom stereocenters. The van der Waals surface area contributed by atoms with Gasteiger partial charge in [0.15, 0.2) is 0 Å². The molecule has 0 aliphatic carbocycles. The van der Waals surface area contributed by atoms with Gasteiger partial charge in [-0.1, -0.05) is 45.0 Å². The van der Waals surface area contributed by atoms with Crippen LogP contribution >= 0.6 is 11.3 Å². The summed E-state index contributed by atoms with van der Waals surface area (Å²) in [4.78, 5) is 33.3. The molecule has 0 saturated carbocycles. The van der Waals surface area contributed by atoms with E-state index in [2.05, 4.69) is 15.7 Å². The second-order valence-electron chi connectivity index (χ2n) is 9.90. The van der Waals surface area contributed by atoms with Gasteiger partial charge in [0.2, 0.25) is 11.8 Å². The van der Waals surface area contributed by atoms with Crippen molar-refractivity contribution in [3.05, 3.63) is 41.0 Å². The number of nitrogens with one attached hydrogen (secondary N) is 2. The summed E-state index contributed by atoms with van der Waals surface area (Å²) in [7, 11) is 3.66. The largest absolute Gasteiger partial charge is 0.391 e. The van der Waals surface area contributed by atoms with Crippen LogP contribution in [0.25, 0.3) is 10.4 Å². The molecule has 1 aliphatic heterocycles. The SMILES string of the molecule is Cc1ncsc1-c1ccc(CNC(=O)[C@@H]2C[C@@H](O)CN2C(=O)[C@@H](NN(C)C)C(C)(C)C)cc1. The molecule has 0 radical (unpaired) electrons. The zero-order chi connectivity index (χ0) is 24.3. The zero-order valence-electron chi connectivity index (χ0n) is 20.3. The average Bonchev–Trinajstić information content (AvgIpc) is 3.35. The Morgan fingerprint density at radius 2 is 1.94 bits per heavy atom. The Morgan fingerprint density at radius 3 is 2.48 bits per heavy atom. The number of carbonyl (C=O) groups excluding carboxylic acids is 2. The Kier molecular flexibility index (Phi) is 7.89. The second kappa shape index (κ2) is 10.3. The number of amides is 2. The number of hydrogen-bond acceptors (Lipinski definition) is 7. The molecular weight excluding hydrogens is 438 g/mol. The zero-order valence-corrected chi connectivity index (χ0v) is 21.1. The molecule has 33 heavy (non-hydrogen) atoms. The normalized spacial score (nSPS) is 19.7. The third kappa shape index (κ3) is 6.17. The fraction of sp³-hybridized carbons (Fsp3) is 0.542. The Labute approximate surface area is 200 Å². The molecule has 1 aromatic carbocycles. The number of carbonyl (C=O) groups is 2. The van der Waals surface area contributed by atoms with Crippen LogP contribution in [0.3, 0.4) is 0 Å². The van der Waals surface area contributed by atoms with Gasteiger partial charge in [0.1, 0.15) is 12.1 Å². The summed E-state index contributed by atoms with van der Waals surface area (Å²) in [5.74, 6) is -0.433. The van der Waals surface area contributed by atoms with Crippen LogP contribution in [0.5, 0.6) is 0 Å². The van der Waals surface area contributed by atoms with Gasteiger partial charge in [0.25, 0.3) is 0 Å². The number of aliphatic hydroxyl groups is 1. The van der Waals surface area contributed by atoms with E-state index in [1.807, 2.05) is 71.6 Å². The van der Waals surface area contributed by atoms with Crippen molar-refractivity contribution in [3.63, 3.8) is 0 Å². The van der Waals surface area contributed by atoms with Crippen molar-refractivity contribution in [2.24, 2.45) is 5.41 Å². The molecule has 3 N–H and O–H groups in total. The van der Waals surface area contributed by atoms with E-state index >= 15 is 0 Å². The number of aliphatic hydroxyl groups excluding tert-OH is 1. The Bertz CT molecular complexity index is 967. The molecule has 3 atom stereocenters. The third-order valence-electron chi connectivity index (χ3n) is 5.79. The molecule has 2 aromatic rings. The van der Waals surface area contributed by atoms with Crippen molar-refractivity contribution in [2.45, 2.75) is 58.8 Å². The molecule has 2 amide bonds. The molecule has 8 nitrogen and oxygen atoms in total. The van der Waals surface area contributed by atoms with Crippen molar-refractivity contribution in [1.29, 1.82) is 0 Å². The van der Waals surface area contributed by atoms with Crippen LogP contribution in [0.1, 0.15) is 38.4 Å². The Morgan fingerprint density at radius 1 is 1.27 bits per heavy atom. The lowest BCUT2D eigenvalue weighted by Gasteiger charge is -2.37. The van der Waals surface area contributed by atoms with Gasteiger partial charge < -0.3 is 15.3 Å². The molecule has 1 saturated heterocycles. The predicted octanol–water partition coefficient (Wildman–Crippen LogP) is 2.18. The molecule has 2 heterocycles. The second-order valence-corrected chi connectivity index (χ2v) is 10.8. The highest BCUT2D eigenvalue weighted by Gasteiger charge is 2.44. The van der Waals surface area contributed by atoms with E-state index in [1.165, 1.54) is 4.90 Å². The van der Waals surface area contributed by atoms with Gasteiger partial charge in [0.05, 0.1) is 22.2 Å². The maximum absolute atomic E-state index is 13.4. The summed E-state index contributed by atoms with van der Waals surface area (Å²) in [6.07, 6.45) is -0.480. The van der Waals surface area contributed by atoms with E-state index in [-0.39, 0.29) is 30.2 Å². The van der Waals surface area contributed by atoms with E-state index in [4.69, 9.17) is 0 Å². The monoisotopic (exact) mass is 473 g/mol. The third-order valence-corrected chi connectivity index (χ3v) is 6.77. The quantitative estimate of drug-likeness (QED) is 0.534. The molecule has 9 heteroatoms. The summed E-state index contributed by atoms with van der Waals surface area (Å²) in [6, 6.07) is 6.81. The number of β-amino-alcohol motifs (C(OH)–C–C–N with tert-alkyl or cyclic N) is 1. The van der Waals surface area contributed by atoms with Crippen LogP contribution in [0, 0.1) is 12.3 Å². The van der Waals surface area contributed by atoms with Gasteiger partial charge >= 0.3 is 0 Å². The lowest BCUT2D eigenvalue weighted by molar-refractivity contribution is -0.143. The van der Waals surface area contributed by atoms with Crippen LogP contribution in [0.15, 0.2) is 29.8 Å². The lowest BCUT2D eigenvalue weighted by atomic mass is 9.86. The smallest absolute Gasteiger partial charge is 0.243 e. The van der Waals surface area contributed by atoms with Gasteiger partial charge in [-0.3, -0.25) is 9.59 Å². The molecule has 1 aliphatic rings. The van der Waals surface area contributed by atoms with E-state index in [0.717, 1.165) is 21.7 Å². The number of benzene rings is 1. The van der Waals surface area contributed by atoms with Crippen LogP contribution in [-0.2, 0) is 16.1 Å². The fourth-order valence-electron chi connectivity index (χ4n) is 4.01. The van der Waals surface area contributed by atoms with Gasteiger partial charge in [-0.25, -0.2) is 15.4 Å². The van der Waals surface area contributed by atoms with Gasteiger partial charge in [-0.05, 0) is 23.5 Å². The average molecular weight is 474 g/mol. The maximum atomic E-state index is 13.4. The number of aryl methyl sites for hydroxylation is 1. The first-order valence-electron chi connectivity index (χ1n) is 11.2. The minimum absolute atomic E-state index is 0.154. The highest BCUT2D eigenvalue weighted by Crippen LogP contribution is 2.28. The summed E-state index contributed by atoms with van der Waals surface area (Å²) < 4.78 is 0. The minimum atomic E-state index is -0.716. The Balaban J connectivity index is 1.66. The standard InChI is InChI=1S/C24H35N5O3S/c1-15-20(33-14-26-15)17-9-7-16(8-10-17)12-25-22(31)19-11-18(30)13-29(19)23(32)21(24(2,3)4)27-28(5)6/h7-10,14,18-19,21,27,30H,11-13H2,1-6H3,(H,25,31)/t18-,19+,21-/m1/s1. The molecule has 0 bridgehead atoms. The Hall–Kier alpha value is -2.33. The summed E-state index contributed by atoms with van der Waals surface area (Å²) in [5.41, 5.74) is 7.71. The van der Waals surface area contributed by atoms with Crippen LogP contribution in [0.2, 0.25) is 0 Å². The highest BCUT2D eigenvalue weighted by molar-refractivity contribution is 7.13. The predicted molar refractivity (Wildman–Crippen MR) is 130 cm³/mol. The first-order valence-corrected chi connectivity index (χ1v) is 12.0. The molecule has 1 fully saturated rings. The highest BCUT2D eigenvalue weighted by atomic mass is 32.1. The fourth-order valence-corrected chi connectivity index (χ4v) is 4.82. The number of aromatic nitrogens is 1. The van der Waals surface area contributed by atoms with E-state index in [0.29, 0.717) is 6.54 Å². The molecular formula is C24H35N5O3S. The van der Waals surface area contributed by atoms with Crippen molar-refractivity contribution >= 4 is 23.2 Å². The van der Waals surface area contributed by atoms with E-state index in [9.17, 15) is 14.7 Å². The summed E-state index contributed by atoms with van der Waals surface area (Å²) >= 11 is 1.60. The van der Waals surface area contributed by atoms with Crippen molar-refractivity contribution in [2.75, 3.05) is 20.6 Å². The van der Waals surface area contributed by atoms with Crippen LogP contribution in [0.4, 0.5) is 0 Å². The van der Waals surface area contributed by atoms with E-state index in [1.54, 1.807) is 16.3 Å².